The molecule has 2 nitrogen and oxygen atoms in total. The fourth-order valence-corrected chi connectivity index (χ4v) is 2.69. The van der Waals surface area contributed by atoms with Gasteiger partial charge in [0.2, 0.25) is 0 Å². The Kier molecular flexibility index (Phi) is 4.98. The molecule has 0 spiro atoms. The van der Waals surface area contributed by atoms with Gasteiger partial charge in [-0.05, 0) is 18.6 Å². The van der Waals surface area contributed by atoms with Crippen molar-refractivity contribution in [3.05, 3.63) is 39.6 Å². The summed E-state index contributed by atoms with van der Waals surface area (Å²) >= 11 is 3.05. The summed E-state index contributed by atoms with van der Waals surface area (Å²) in [6, 6.07) is 11.5. The molecule has 0 amide bonds. The van der Waals surface area contributed by atoms with Crippen LogP contribution >= 0.6 is 23.5 Å². The Bertz CT molecular complexity index is 486. The zero-order chi connectivity index (χ0) is 12.0. The largest absolute Gasteiger partial charge is 0.192 e. The Labute approximate surface area is 104 Å². The van der Waals surface area contributed by atoms with Gasteiger partial charge >= 0.3 is 0 Å². The molecular weight excluding hydrogens is 236 g/mol. The zero-order valence-corrected chi connectivity index (χ0v) is 10.7. The van der Waals surface area contributed by atoms with Crippen LogP contribution in [0.15, 0.2) is 28.5 Å². The van der Waals surface area contributed by atoms with Gasteiger partial charge in [-0.1, -0.05) is 18.2 Å². The van der Waals surface area contributed by atoms with Crippen LogP contribution in [0, 0.1) is 22.7 Å². The van der Waals surface area contributed by atoms with Crippen LogP contribution in [0.3, 0.4) is 0 Å². The number of rotatable bonds is 3. The summed E-state index contributed by atoms with van der Waals surface area (Å²) in [5, 5.41) is 18.2. The predicted octanol–water partition coefficient (Wildman–Crippen LogP) is 3.48. The second-order valence-electron chi connectivity index (χ2n) is 2.84. The summed E-state index contributed by atoms with van der Waals surface area (Å²) in [5.41, 5.74) is 1.84. The molecule has 0 aliphatic carbocycles. The van der Waals surface area contributed by atoms with Crippen molar-refractivity contribution >= 4 is 29.1 Å². The van der Waals surface area contributed by atoms with Crippen LogP contribution in [0.5, 0.6) is 0 Å². The van der Waals surface area contributed by atoms with Crippen molar-refractivity contribution in [2.45, 2.75) is 0 Å². The Hall–Kier alpha value is -1.36. The van der Waals surface area contributed by atoms with E-state index in [2.05, 4.69) is 12.1 Å². The first-order valence-corrected chi connectivity index (χ1v) is 6.95. The van der Waals surface area contributed by atoms with E-state index in [0.29, 0.717) is 16.7 Å². The number of nitrogens with zero attached hydrogens (tertiary/aromatic N) is 2. The van der Waals surface area contributed by atoms with E-state index in [1.165, 1.54) is 23.5 Å². The molecule has 0 fully saturated rings. The van der Waals surface area contributed by atoms with Crippen LogP contribution in [0.2, 0.25) is 0 Å². The van der Waals surface area contributed by atoms with E-state index in [4.69, 9.17) is 5.26 Å². The average molecular weight is 246 g/mol. The molecule has 0 unspecified atom stereocenters. The van der Waals surface area contributed by atoms with Crippen LogP contribution < -0.4 is 0 Å². The summed E-state index contributed by atoms with van der Waals surface area (Å²) in [5.74, 6) is 0. The number of nitriles is 2. The topological polar surface area (TPSA) is 47.6 Å². The van der Waals surface area contributed by atoms with Gasteiger partial charge in [0.1, 0.15) is 6.07 Å². The van der Waals surface area contributed by atoms with Gasteiger partial charge in [-0.2, -0.15) is 10.5 Å². The Morgan fingerprint density at radius 2 is 1.75 bits per heavy atom. The molecule has 0 atom stereocenters. The van der Waals surface area contributed by atoms with Crippen molar-refractivity contribution < 1.29 is 0 Å². The molecule has 0 radical (unpaired) electrons. The average Bonchev–Trinajstić information content (AvgIpc) is 2.35. The fraction of sp³-hybridized carbons (Fsp3) is 0.167. The molecule has 0 saturated heterocycles. The minimum Gasteiger partial charge on any atom is -0.192 e. The van der Waals surface area contributed by atoms with Crippen molar-refractivity contribution in [1.29, 1.82) is 10.5 Å². The number of hydrogen-bond acceptors (Lipinski definition) is 4. The second-order valence-corrected chi connectivity index (χ2v) is 4.73. The van der Waals surface area contributed by atoms with Crippen molar-refractivity contribution in [3.63, 3.8) is 0 Å². The third kappa shape index (κ3) is 2.61. The molecule has 0 bridgehead atoms. The number of hydrogen-bond donors (Lipinski definition) is 0. The molecule has 0 aliphatic rings. The van der Waals surface area contributed by atoms with Gasteiger partial charge in [-0.25, -0.2) is 0 Å². The zero-order valence-electron chi connectivity index (χ0n) is 9.02. The SMILES string of the molecule is CSC(SC)=C(C#N)c1ccccc1C#N. The highest BCUT2D eigenvalue weighted by Crippen LogP contribution is 2.33. The highest BCUT2D eigenvalue weighted by Gasteiger charge is 2.11. The molecule has 1 rings (SSSR count). The predicted molar refractivity (Wildman–Crippen MR) is 70.7 cm³/mol. The van der Waals surface area contributed by atoms with Gasteiger partial charge in [0, 0.05) is 5.56 Å². The lowest BCUT2D eigenvalue weighted by Crippen LogP contribution is -1.89. The molecule has 0 aromatic heterocycles. The van der Waals surface area contributed by atoms with Crippen molar-refractivity contribution in [2.24, 2.45) is 0 Å². The molecule has 80 valence electrons. The minimum absolute atomic E-state index is 0.541. The molecule has 0 aliphatic heterocycles. The van der Waals surface area contributed by atoms with Crippen LogP contribution in [0.1, 0.15) is 11.1 Å². The van der Waals surface area contributed by atoms with Crippen LogP contribution in [-0.2, 0) is 0 Å². The summed E-state index contributed by atoms with van der Waals surface area (Å²) in [6.45, 7) is 0. The minimum atomic E-state index is 0.541. The Balaban J connectivity index is 3.42. The maximum Gasteiger partial charge on any atom is 0.102 e. The van der Waals surface area contributed by atoms with E-state index in [9.17, 15) is 5.26 Å². The maximum absolute atomic E-state index is 9.19. The third-order valence-corrected chi connectivity index (χ3v) is 4.15. The van der Waals surface area contributed by atoms with Gasteiger partial charge in [-0.15, -0.1) is 23.5 Å². The number of benzene rings is 1. The highest BCUT2D eigenvalue weighted by molar-refractivity contribution is 8.21. The summed E-state index contributed by atoms with van der Waals surface area (Å²) in [6.07, 6.45) is 3.86. The van der Waals surface area contributed by atoms with E-state index in [1.54, 1.807) is 12.1 Å². The second kappa shape index (κ2) is 6.27. The Morgan fingerprint density at radius 1 is 1.12 bits per heavy atom. The Morgan fingerprint density at radius 3 is 2.25 bits per heavy atom. The molecule has 4 heteroatoms. The third-order valence-electron chi connectivity index (χ3n) is 2.00. The van der Waals surface area contributed by atoms with E-state index < -0.39 is 0 Å². The lowest BCUT2D eigenvalue weighted by atomic mass is 10.0. The fourth-order valence-electron chi connectivity index (χ4n) is 1.30. The van der Waals surface area contributed by atoms with Crippen molar-refractivity contribution in [1.82, 2.24) is 0 Å². The normalized spacial score (nSPS) is 9.00. The van der Waals surface area contributed by atoms with Gasteiger partial charge in [0.05, 0.1) is 21.4 Å². The quantitative estimate of drug-likeness (QED) is 0.766. The first-order chi connectivity index (χ1) is 7.78. The molecule has 0 saturated carbocycles. The summed E-state index contributed by atoms with van der Waals surface area (Å²) in [7, 11) is 0. The first-order valence-electron chi connectivity index (χ1n) is 4.50. The number of thioether (sulfide) groups is 2. The molecule has 0 heterocycles. The van der Waals surface area contributed by atoms with E-state index in [-0.39, 0.29) is 0 Å². The lowest BCUT2D eigenvalue weighted by molar-refractivity contribution is 1.46. The molecule has 1 aromatic carbocycles. The standard InChI is InChI=1S/C12H10N2S2/c1-15-12(16-2)11(8-14)10-6-4-3-5-9(10)7-13/h3-6H,1-2H3. The van der Waals surface area contributed by atoms with Crippen LogP contribution in [-0.4, -0.2) is 12.5 Å². The van der Waals surface area contributed by atoms with Gasteiger partial charge < -0.3 is 0 Å². The van der Waals surface area contributed by atoms with E-state index >= 15 is 0 Å². The van der Waals surface area contributed by atoms with E-state index in [1.807, 2.05) is 24.6 Å². The first kappa shape index (κ1) is 12.7. The van der Waals surface area contributed by atoms with Crippen LogP contribution in [0.4, 0.5) is 0 Å². The van der Waals surface area contributed by atoms with Crippen molar-refractivity contribution in [3.8, 4) is 12.1 Å². The van der Waals surface area contributed by atoms with E-state index in [0.717, 1.165) is 4.24 Å². The van der Waals surface area contributed by atoms with Crippen molar-refractivity contribution in [2.75, 3.05) is 12.5 Å². The molecule has 16 heavy (non-hydrogen) atoms. The van der Waals surface area contributed by atoms with Gasteiger partial charge in [0.15, 0.2) is 0 Å². The maximum atomic E-state index is 9.19. The highest BCUT2D eigenvalue weighted by atomic mass is 32.2. The summed E-state index contributed by atoms with van der Waals surface area (Å²) < 4.78 is 0.935. The van der Waals surface area contributed by atoms with Crippen LogP contribution in [0.25, 0.3) is 5.57 Å². The number of allylic oxidation sites excluding steroid dienone is 1. The molecular formula is C12H10N2S2. The monoisotopic (exact) mass is 246 g/mol. The smallest absolute Gasteiger partial charge is 0.102 e. The summed E-state index contributed by atoms with van der Waals surface area (Å²) in [4.78, 5) is 0. The van der Waals surface area contributed by atoms with Gasteiger partial charge in [0.25, 0.3) is 0 Å². The molecule has 0 N–H and O–H groups in total. The van der Waals surface area contributed by atoms with Gasteiger partial charge in [-0.3, -0.25) is 0 Å². The lowest BCUT2D eigenvalue weighted by Gasteiger charge is -2.06. The molecule has 1 aromatic rings.